The van der Waals surface area contributed by atoms with Crippen LogP contribution >= 0.6 is 0 Å². The molecule has 14 nitrogen and oxygen atoms in total. The van der Waals surface area contributed by atoms with Crippen molar-refractivity contribution in [3.8, 4) is 28.1 Å². The number of amides is 2. The van der Waals surface area contributed by atoms with Crippen LogP contribution in [0.4, 0.5) is 47.4 Å². The number of alkyl halides is 7. The van der Waals surface area contributed by atoms with E-state index in [4.69, 9.17) is 14.5 Å². The SMILES string of the molecule is COc1ncc(-c2ccc(C(=O)Nc3nn[nH]n3)cc2C)cc1-c1cnc(N2CC(F)C2)nc1CN1C(=O)O[C@H](c2cc(C(F)(F)F)cc(C(F)(F)F)c2)C12CC2. The number of aryl methyl sites for hydroxylation is 1. The second-order valence-corrected chi connectivity index (χ2v) is 13.8. The van der Waals surface area contributed by atoms with Crippen LogP contribution in [-0.4, -0.2) is 84.4 Å². The summed E-state index contributed by atoms with van der Waals surface area (Å²) < 4.78 is 108. The quantitative estimate of drug-likeness (QED) is 0.152. The van der Waals surface area contributed by atoms with E-state index in [0.29, 0.717) is 45.5 Å². The Labute approximate surface area is 317 Å². The molecule has 0 bridgehead atoms. The highest BCUT2D eigenvalue weighted by molar-refractivity contribution is 6.03. The summed E-state index contributed by atoms with van der Waals surface area (Å²) >= 11 is 0. The molecule has 2 aromatic carbocycles. The molecule has 0 unspecified atom stereocenters. The van der Waals surface area contributed by atoms with E-state index >= 15 is 0 Å². The predicted octanol–water partition coefficient (Wildman–Crippen LogP) is 6.71. The van der Waals surface area contributed by atoms with Crippen LogP contribution in [0.5, 0.6) is 5.88 Å². The lowest BCUT2D eigenvalue weighted by molar-refractivity contribution is -0.143. The van der Waals surface area contributed by atoms with Crippen molar-refractivity contribution in [3.63, 3.8) is 0 Å². The predicted molar refractivity (Wildman–Crippen MR) is 184 cm³/mol. The number of tetrazole rings is 1. The Morgan fingerprint density at radius 1 is 0.982 bits per heavy atom. The molecule has 21 heteroatoms. The smallest absolute Gasteiger partial charge is 0.416 e. The number of halogens is 7. The fourth-order valence-corrected chi connectivity index (χ4v) is 7.10. The van der Waals surface area contributed by atoms with Gasteiger partial charge in [0, 0.05) is 34.6 Å². The van der Waals surface area contributed by atoms with Crippen molar-refractivity contribution in [3.05, 3.63) is 88.4 Å². The Kier molecular flexibility index (Phi) is 8.99. The van der Waals surface area contributed by atoms with Crippen molar-refractivity contribution in [2.24, 2.45) is 0 Å². The van der Waals surface area contributed by atoms with Gasteiger partial charge in [-0.1, -0.05) is 11.2 Å². The zero-order valence-corrected chi connectivity index (χ0v) is 29.7. The minimum atomic E-state index is -5.11. The average molecular weight is 799 g/mol. The average Bonchev–Trinajstić information content (AvgIpc) is 3.69. The Balaban J connectivity index is 1.16. The van der Waals surface area contributed by atoms with Gasteiger partial charge in [-0.2, -0.15) is 31.6 Å². The molecule has 1 spiro atoms. The molecular weight excluding hydrogens is 769 g/mol. The molecule has 2 saturated heterocycles. The highest BCUT2D eigenvalue weighted by atomic mass is 19.4. The van der Waals surface area contributed by atoms with Crippen LogP contribution in [0, 0.1) is 6.92 Å². The molecule has 5 aromatic rings. The number of aromatic amines is 1. The molecule has 3 aromatic heterocycles. The molecule has 2 amide bonds. The molecule has 0 radical (unpaired) electrons. The largest absolute Gasteiger partial charge is 0.481 e. The Morgan fingerprint density at radius 3 is 2.30 bits per heavy atom. The van der Waals surface area contributed by atoms with E-state index in [-0.39, 0.29) is 62.0 Å². The van der Waals surface area contributed by atoms with Gasteiger partial charge in [-0.15, -0.1) is 5.10 Å². The first-order valence-electron chi connectivity index (χ1n) is 17.3. The van der Waals surface area contributed by atoms with Crippen LogP contribution in [0.25, 0.3) is 22.3 Å². The van der Waals surface area contributed by atoms with Gasteiger partial charge in [-0.05, 0) is 78.1 Å². The topological polar surface area (TPSA) is 164 Å². The number of H-pyrrole nitrogens is 1. The first kappa shape index (κ1) is 37.5. The van der Waals surface area contributed by atoms with Gasteiger partial charge in [0.2, 0.25) is 11.8 Å². The Hall–Kier alpha value is -6.41. The maximum absolute atomic E-state index is 13.9. The molecule has 2 aliphatic heterocycles. The highest BCUT2D eigenvalue weighted by Crippen LogP contribution is 2.58. The summed E-state index contributed by atoms with van der Waals surface area (Å²) in [6.45, 7) is 1.49. The number of pyridine rings is 1. The number of anilines is 2. The fourth-order valence-electron chi connectivity index (χ4n) is 7.10. The van der Waals surface area contributed by atoms with Crippen molar-refractivity contribution in [1.29, 1.82) is 0 Å². The first-order valence-corrected chi connectivity index (χ1v) is 17.3. The lowest BCUT2D eigenvalue weighted by Crippen LogP contribution is -2.49. The Morgan fingerprint density at radius 2 is 1.70 bits per heavy atom. The monoisotopic (exact) mass is 798 g/mol. The molecule has 2 N–H and O–H groups in total. The molecule has 1 aliphatic carbocycles. The number of carbonyl (C=O) groups excluding carboxylic acids is 2. The number of ether oxygens (including phenoxy) is 2. The number of hydrogen-bond acceptors (Lipinski definition) is 11. The summed E-state index contributed by atoms with van der Waals surface area (Å²) in [6, 6.07) is 7.83. The number of benzene rings is 2. The van der Waals surface area contributed by atoms with Gasteiger partial charge in [0.15, 0.2) is 6.10 Å². The third-order valence-electron chi connectivity index (χ3n) is 10.1. The normalized spacial score (nSPS) is 17.8. The van der Waals surface area contributed by atoms with Gasteiger partial charge in [0.05, 0.1) is 49.1 Å². The van der Waals surface area contributed by atoms with Crippen molar-refractivity contribution in [2.45, 2.75) is 56.5 Å². The number of aromatic nitrogens is 7. The van der Waals surface area contributed by atoms with Crippen LogP contribution in [-0.2, 0) is 23.6 Å². The molecule has 5 heterocycles. The van der Waals surface area contributed by atoms with Crippen molar-refractivity contribution in [1.82, 2.24) is 40.5 Å². The maximum atomic E-state index is 13.9. The summed E-state index contributed by atoms with van der Waals surface area (Å²) in [5.41, 5.74) is -1.66. The van der Waals surface area contributed by atoms with Crippen LogP contribution in [0.2, 0.25) is 0 Å². The van der Waals surface area contributed by atoms with Gasteiger partial charge in [-0.3, -0.25) is 15.0 Å². The highest BCUT2D eigenvalue weighted by Gasteiger charge is 2.64. The van der Waals surface area contributed by atoms with Gasteiger partial charge < -0.3 is 14.4 Å². The number of hydrogen-bond donors (Lipinski definition) is 2. The number of nitrogens with one attached hydrogen (secondary N) is 2. The Bertz CT molecular complexity index is 2350. The summed E-state index contributed by atoms with van der Waals surface area (Å²) in [5.74, 6) is -0.222. The minimum Gasteiger partial charge on any atom is -0.481 e. The van der Waals surface area contributed by atoms with Crippen molar-refractivity contribution in [2.75, 3.05) is 30.4 Å². The second kappa shape index (κ2) is 13.7. The van der Waals surface area contributed by atoms with E-state index in [1.165, 1.54) is 18.2 Å². The number of methoxy groups -OCH3 is 1. The standard InChI is InChI=1S/C36H29F7N10O4/c1-17-7-18(29(54)47-31-48-50-51-49-31)3-4-24(17)20-10-25(30(56-2)44-12-20)26-13-45-32(52-14-23(37)15-52)46-27(26)16-53-33(55)57-28(34(53)5-6-34)19-8-21(35(38,39)40)11-22(9-19)36(41,42)43/h3-4,7-13,23,28H,5-6,14-16H2,1-2H3,(H2,47,48,49,50,51,54)/t28-/m1/s1. The summed E-state index contributed by atoms with van der Waals surface area (Å²) in [7, 11) is 1.39. The zero-order valence-electron chi connectivity index (χ0n) is 29.7. The van der Waals surface area contributed by atoms with E-state index in [2.05, 4.69) is 35.9 Å². The molecule has 8 rings (SSSR count). The van der Waals surface area contributed by atoms with E-state index in [1.54, 1.807) is 42.3 Å². The summed E-state index contributed by atoms with van der Waals surface area (Å²) in [4.78, 5) is 42.9. The van der Waals surface area contributed by atoms with E-state index in [0.717, 1.165) is 0 Å². The van der Waals surface area contributed by atoms with Gasteiger partial charge in [-0.25, -0.2) is 24.1 Å². The molecular formula is C36H29F7N10O4. The van der Waals surface area contributed by atoms with Crippen LogP contribution in [0.1, 0.15) is 57.3 Å². The summed E-state index contributed by atoms with van der Waals surface area (Å²) in [6.07, 6.45) is -10.3. The van der Waals surface area contributed by atoms with E-state index in [9.17, 15) is 40.3 Å². The number of cyclic esters (lactones) is 1. The van der Waals surface area contributed by atoms with Crippen molar-refractivity contribution >= 4 is 23.9 Å². The van der Waals surface area contributed by atoms with E-state index in [1.807, 2.05) is 0 Å². The summed E-state index contributed by atoms with van der Waals surface area (Å²) in [5, 5.41) is 15.6. The molecule has 57 heavy (non-hydrogen) atoms. The minimum absolute atomic E-state index is 0.00930. The second-order valence-electron chi connectivity index (χ2n) is 13.8. The molecule has 1 saturated carbocycles. The third kappa shape index (κ3) is 7.01. The van der Waals surface area contributed by atoms with Gasteiger partial charge in [0.1, 0.15) is 6.17 Å². The van der Waals surface area contributed by atoms with Crippen molar-refractivity contribution < 1.29 is 49.8 Å². The lowest BCUT2D eigenvalue weighted by atomic mass is 9.94. The number of rotatable bonds is 9. The first-order chi connectivity index (χ1) is 27.0. The third-order valence-corrected chi connectivity index (χ3v) is 10.1. The van der Waals surface area contributed by atoms with Crippen LogP contribution in [0.3, 0.4) is 0 Å². The van der Waals surface area contributed by atoms with Crippen LogP contribution in [0.15, 0.2) is 54.9 Å². The van der Waals surface area contributed by atoms with E-state index < -0.39 is 58.9 Å². The maximum Gasteiger partial charge on any atom is 0.416 e. The molecule has 1 atom stereocenters. The van der Waals surface area contributed by atoms with Crippen LogP contribution < -0.4 is 15.0 Å². The lowest BCUT2D eigenvalue weighted by Gasteiger charge is -2.34. The number of carbonyl (C=O) groups is 2. The molecule has 3 fully saturated rings. The fraction of sp³-hybridized carbons (Fsp3) is 0.333. The molecule has 296 valence electrons. The van der Waals surface area contributed by atoms with Gasteiger partial charge >= 0.3 is 18.4 Å². The number of nitrogens with zero attached hydrogens (tertiary/aromatic N) is 8. The zero-order chi connectivity index (χ0) is 40.4. The molecule has 3 aliphatic rings. The van der Waals surface area contributed by atoms with Gasteiger partial charge in [0.25, 0.3) is 11.9 Å².